The van der Waals surface area contributed by atoms with E-state index in [0.29, 0.717) is 17.1 Å². The van der Waals surface area contributed by atoms with Crippen LogP contribution in [0.5, 0.6) is 11.5 Å². The van der Waals surface area contributed by atoms with Crippen molar-refractivity contribution in [2.75, 3.05) is 13.7 Å². The lowest BCUT2D eigenvalue weighted by atomic mass is 10.0. The molecule has 3 aromatic carbocycles. The van der Waals surface area contributed by atoms with Crippen molar-refractivity contribution in [2.24, 2.45) is 0 Å². The second kappa shape index (κ2) is 9.74. The van der Waals surface area contributed by atoms with Crippen molar-refractivity contribution in [3.8, 4) is 22.6 Å². The summed E-state index contributed by atoms with van der Waals surface area (Å²) < 4.78 is 10.8. The molecule has 0 radical (unpaired) electrons. The number of ether oxygens (including phenoxy) is 2. The maximum absolute atomic E-state index is 12.3. The van der Waals surface area contributed by atoms with Gasteiger partial charge < -0.3 is 14.8 Å². The molecule has 30 heavy (non-hydrogen) atoms. The zero-order valence-corrected chi connectivity index (χ0v) is 17.3. The van der Waals surface area contributed by atoms with Crippen LogP contribution in [0.15, 0.2) is 72.8 Å². The fourth-order valence-electron chi connectivity index (χ4n) is 3.11. The quantitative estimate of drug-likeness (QED) is 0.548. The van der Waals surface area contributed by atoms with E-state index in [9.17, 15) is 9.59 Å². The van der Waals surface area contributed by atoms with Gasteiger partial charge in [0.2, 0.25) is 0 Å². The third-order valence-electron chi connectivity index (χ3n) is 4.82. The van der Waals surface area contributed by atoms with Crippen molar-refractivity contribution in [1.29, 1.82) is 0 Å². The Balaban J connectivity index is 1.58. The molecule has 1 atom stereocenters. The topological polar surface area (TPSA) is 64.6 Å². The molecule has 154 valence electrons. The van der Waals surface area contributed by atoms with E-state index in [1.165, 1.54) is 14.0 Å². The van der Waals surface area contributed by atoms with E-state index in [4.69, 9.17) is 9.47 Å². The van der Waals surface area contributed by atoms with Gasteiger partial charge in [-0.15, -0.1) is 0 Å². The Morgan fingerprint density at radius 1 is 0.900 bits per heavy atom. The first-order valence-corrected chi connectivity index (χ1v) is 9.74. The summed E-state index contributed by atoms with van der Waals surface area (Å²) in [6.07, 6.45) is 0. The van der Waals surface area contributed by atoms with Gasteiger partial charge in [-0.1, -0.05) is 54.6 Å². The number of amides is 1. The molecule has 0 heterocycles. The van der Waals surface area contributed by atoms with Crippen LogP contribution in [0, 0.1) is 0 Å². The van der Waals surface area contributed by atoms with E-state index in [1.54, 1.807) is 18.2 Å². The van der Waals surface area contributed by atoms with Gasteiger partial charge in [-0.25, -0.2) is 0 Å². The summed E-state index contributed by atoms with van der Waals surface area (Å²) in [5, 5.41) is 2.93. The van der Waals surface area contributed by atoms with Gasteiger partial charge in [0.25, 0.3) is 5.91 Å². The maximum atomic E-state index is 12.3. The monoisotopic (exact) mass is 403 g/mol. The average molecular weight is 403 g/mol. The molecule has 0 aliphatic rings. The van der Waals surface area contributed by atoms with Crippen molar-refractivity contribution in [3.05, 3.63) is 83.9 Å². The highest BCUT2D eigenvalue weighted by molar-refractivity contribution is 5.94. The van der Waals surface area contributed by atoms with Crippen molar-refractivity contribution < 1.29 is 19.1 Å². The van der Waals surface area contributed by atoms with Gasteiger partial charge in [0.05, 0.1) is 13.2 Å². The number of hydrogen-bond acceptors (Lipinski definition) is 4. The van der Waals surface area contributed by atoms with E-state index >= 15 is 0 Å². The zero-order chi connectivity index (χ0) is 21.5. The van der Waals surface area contributed by atoms with E-state index in [-0.39, 0.29) is 24.3 Å². The van der Waals surface area contributed by atoms with Gasteiger partial charge in [0.15, 0.2) is 23.9 Å². The number of rotatable bonds is 8. The molecular weight excluding hydrogens is 378 g/mol. The molecule has 3 rings (SSSR count). The molecule has 1 unspecified atom stereocenters. The molecule has 1 N–H and O–H groups in total. The first-order chi connectivity index (χ1) is 14.5. The Bertz CT molecular complexity index is 1010. The highest BCUT2D eigenvalue weighted by Gasteiger charge is 2.13. The Hall–Kier alpha value is -3.60. The molecule has 5 nitrogen and oxygen atoms in total. The maximum Gasteiger partial charge on any atom is 0.258 e. The summed E-state index contributed by atoms with van der Waals surface area (Å²) >= 11 is 0. The van der Waals surface area contributed by atoms with Gasteiger partial charge in [-0.3, -0.25) is 9.59 Å². The van der Waals surface area contributed by atoms with E-state index in [0.717, 1.165) is 16.7 Å². The van der Waals surface area contributed by atoms with Crippen molar-refractivity contribution >= 4 is 11.7 Å². The minimum Gasteiger partial charge on any atom is -0.493 e. The van der Waals surface area contributed by atoms with Crippen LogP contribution in [0.3, 0.4) is 0 Å². The standard InChI is InChI=1S/C25H25NO4/c1-17(19-9-11-21(12-10-19)20-7-5-4-6-8-20)26-25(28)16-30-23-14-13-22(18(2)27)15-24(23)29-3/h4-15,17H,16H2,1-3H3,(H,26,28). The molecule has 3 aromatic rings. The third-order valence-corrected chi connectivity index (χ3v) is 4.82. The average Bonchev–Trinajstić information content (AvgIpc) is 2.78. The SMILES string of the molecule is COc1cc(C(C)=O)ccc1OCC(=O)NC(C)c1ccc(-c2ccccc2)cc1. The Kier molecular flexibility index (Phi) is 6.86. The first-order valence-electron chi connectivity index (χ1n) is 9.74. The van der Waals surface area contributed by atoms with Crippen LogP contribution in [-0.4, -0.2) is 25.4 Å². The smallest absolute Gasteiger partial charge is 0.258 e. The minimum atomic E-state index is -0.243. The number of hydrogen-bond donors (Lipinski definition) is 1. The number of carbonyl (C=O) groups is 2. The van der Waals surface area contributed by atoms with E-state index in [2.05, 4.69) is 17.4 Å². The summed E-state index contributed by atoms with van der Waals surface area (Å²) in [7, 11) is 1.49. The molecule has 0 aliphatic heterocycles. The van der Waals surface area contributed by atoms with Gasteiger partial charge in [0, 0.05) is 5.56 Å². The van der Waals surface area contributed by atoms with Gasteiger partial charge in [-0.2, -0.15) is 0 Å². The van der Waals surface area contributed by atoms with Crippen LogP contribution >= 0.6 is 0 Å². The molecule has 5 heteroatoms. The van der Waals surface area contributed by atoms with Gasteiger partial charge in [-0.05, 0) is 48.7 Å². The van der Waals surface area contributed by atoms with Crippen LogP contribution in [-0.2, 0) is 4.79 Å². The molecule has 0 saturated heterocycles. The Morgan fingerprint density at radius 3 is 2.20 bits per heavy atom. The number of benzene rings is 3. The lowest BCUT2D eigenvalue weighted by molar-refractivity contribution is -0.123. The third kappa shape index (κ3) is 5.26. The molecular formula is C25H25NO4. The van der Waals surface area contributed by atoms with E-state index in [1.807, 2.05) is 49.4 Å². The van der Waals surface area contributed by atoms with Crippen molar-refractivity contribution in [2.45, 2.75) is 19.9 Å². The van der Waals surface area contributed by atoms with Gasteiger partial charge >= 0.3 is 0 Å². The number of nitrogens with one attached hydrogen (secondary N) is 1. The number of carbonyl (C=O) groups excluding carboxylic acids is 2. The molecule has 1 amide bonds. The summed E-state index contributed by atoms with van der Waals surface area (Å²) in [5.74, 6) is 0.523. The normalized spacial score (nSPS) is 11.4. The molecule has 0 aromatic heterocycles. The lowest BCUT2D eigenvalue weighted by Gasteiger charge is -2.16. The van der Waals surface area contributed by atoms with Gasteiger partial charge in [0.1, 0.15) is 0 Å². The molecule has 0 saturated carbocycles. The fourth-order valence-corrected chi connectivity index (χ4v) is 3.11. The molecule has 0 aliphatic carbocycles. The summed E-state index contributed by atoms with van der Waals surface area (Å²) in [5.41, 5.74) is 3.81. The second-order valence-corrected chi connectivity index (χ2v) is 6.99. The first kappa shape index (κ1) is 21.1. The number of methoxy groups -OCH3 is 1. The highest BCUT2D eigenvalue weighted by Crippen LogP contribution is 2.28. The van der Waals surface area contributed by atoms with Crippen molar-refractivity contribution in [3.63, 3.8) is 0 Å². The van der Waals surface area contributed by atoms with Crippen LogP contribution < -0.4 is 14.8 Å². The Morgan fingerprint density at radius 2 is 1.57 bits per heavy atom. The van der Waals surface area contributed by atoms with Crippen LogP contribution in [0.4, 0.5) is 0 Å². The highest BCUT2D eigenvalue weighted by atomic mass is 16.5. The summed E-state index contributed by atoms with van der Waals surface area (Å²) in [6, 6.07) is 23.0. The molecule has 0 bridgehead atoms. The molecule has 0 fully saturated rings. The Labute approximate surface area is 176 Å². The predicted molar refractivity (Wildman–Crippen MR) is 117 cm³/mol. The zero-order valence-electron chi connectivity index (χ0n) is 17.3. The lowest BCUT2D eigenvalue weighted by Crippen LogP contribution is -2.31. The summed E-state index contributed by atoms with van der Waals surface area (Å²) in [6.45, 7) is 3.26. The fraction of sp³-hybridized carbons (Fsp3) is 0.200. The van der Waals surface area contributed by atoms with Crippen LogP contribution in [0.25, 0.3) is 11.1 Å². The van der Waals surface area contributed by atoms with E-state index < -0.39 is 0 Å². The van der Waals surface area contributed by atoms with Crippen molar-refractivity contribution in [1.82, 2.24) is 5.32 Å². The van der Waals surface area contributed by atoms with Crippen LogP contribution in [0.2, 0.25) is 0 Å². The minimum absolute atomic E-state index is 0.0651. The number of ketones is 1. The summed E-state index contributed by atoms with van der Waals surface area (Å²) in [4.78, 5) is 23.8. The molecule has 0 spiro atoms. The number of Topliss-reactive ketones (excluding diaryl/α,β-unsaturated/α-hetero) is 1. The largest absolute Gasteiger partial charge is 0.493 e. The predicted octanol–water partition coefficient (Wildman–Crippen LogP) is 4.82. The van der Waals surface area contributed by atoms with Crippen LogP contribution in [0.1, 0.15) is 35.8 Å². The second-order valence-electron chi connectivity index (χ2n) is 6.99.